The summed E-state index contributed by atoms with van der Waals surface area (Å²) in [6, 6.07) is 4.36. The standard InChI is InChI=1S/C9H11N3S2/c10-12-8(9-5-11-6-14-9)4-7-2-1-3-13-7/h1-3,5-6,8,12H,4,10H2. The van der Waals surface area contributed by atoms with Crippen molar-refractivity contribution in [3.8, 4) is 0 Å². The van der Waals surface area contributed by atoms with Crippen molar-refractivity contribution in [2.24, 2.45) is 5.84 Å². The molecule has 1 atom stereocenters. The molecule has 2 aromatic heterocycles. The molecule has 14 heavy (non-hydrogen) atoms. The Labute approximate surface area is 90.6 Å². The highest BCUT2D eigenvalue weighted by molar-refractivity contribution is 7.10. The number of aromatic nitrogens is 1. The third-order valence-corrected chi connectivity index (χ3v) is 3.77. The fourth-order valence-electron chi connectivity index (χ4n) is 1.27. The van der Waals surface area contributed by atoms with Crippen molar-refractivity contribution in [3.63, 3.8) is 0 Å². The summed E-state index contributed by atoms with van der Waals surface area (Å²) in [7, 11) is 0. The average molecular weight is 225 g/mol. The quantitative estimate of drug-likeness (QED) is 0.617. The number of nitrogens with zero attached hydrogens (tertiary/aromatic N) is 1. The van der Waals surface area contributed by atoms with E-state index in [-0.39, 0.29) is 6.04 Å². The van der Waals surface area contributed by atoms with Crippen LogP contribution in [0.2, 0.25) is 0 Å². The number of thiophene rings is 1. The Bertz CT molecular complexity index is 355. The maximum atomic E-state index is 5.51. The minimum Gasteiger partial charge on any atom is -0.271 e. The monoisotopic (exact) mass is 225 g/mol. The number of hydrogen-bond donors (Lipinski definition) is 2. The molecule has 3 nitrogen and oxygen atoms in total. The molecule has 2 rings (SSSR count). The molecular formula is C9H11N3S2. The topological polar surface area (TPSA) is 50.9 Å². The third kappa shape index (κ3) is 2.19. The first-order chi connectivity index (χ1) is 6.90. The predicted molar refractivity (Wildman–Crippen MR) is 60.2 cm³/mol. The smallest absolute Gasteiger partial charge is 0.0794 e. The lowest BCUT2D eigenvalue weighted by Gasteiger charge is -2.11. The van der Waals surface area contributed by atoms with Crippen LogP contribution in [0.4, 0.5) is 0 Å². The summed E-state index contributed by atoms with van der Waals surface area (Å²) >= 11 is 3.38. The summed E-state index contributed by atoms with van der Waals surface area (Å²) in [5.41, 5.74) is 4.65. The zero-order valence-corrected chi connectivity index (χ0v) is 9.15. The molecule has 2 heterocycles. The van der Waals surface area contributed by atoms with Crippen LogP contribution < -0.4 is 11.3 Å². The van der Waals surface area contributed by atoms with E-state index in [4.69, 9.17) is 5.84 Å². The molecule has 74 valence electrons. The van der Waals surface area contributed by atoms with Crippen LogP contribution in [0.25, 0.3) is 0 Å². The predicted octanol–water partition coefficient (Wildman–Crippen LogP) is 1.95. The van der Waals surface area contributed by atoms with Gasteiger partial charge in [0, 0.05) is 22.4 Å². The number of nitrogens with two attached hydrogens (primary N) is 1. The molecule has 5 heteroatoms. The highest BCUT2D eigenvalue weighted by atomic mass is 32.1. The van der Waals surface area contributed by atoms with E-state index in [1.165, 1.54) is 9.75 Å². The maximum absolute atomic E-state index is 5.51. The van der Waals surface area contributed by atoms with Crippen LogP contribution in [0.3, 0.4) is 0 Å². The SMILES string of the molecule is NNC(Cc1cccs1)c1cncs1. The van der Waals surface area contributed by atoms with E-state index in [9.17, 15) is 0 Å². The number of rotatable bonds is 4. The van der Waals surface area contributed by atoms with Gasteiger partial charge in [-0.05, 0) is 11.4 Å². The van der Waals surface area contributed by atoms with Crippen molar-refractivity contribution in [2.75, 3.05) is 0 Å². The summed E-state index contributed by atoms with van der Waals surface area (Å²) in [5, 5.41) is 2.08. The van der Waals surface area contributed by atoms with Gasteiger partial charge >= 0.3 is 0 Å². The highest BCUT2D eigenvalue weighted by Crippen LogP contribution is 2.22. The molecule has 0 aliphatic heterocycles. The van der Waals surface area contributed by atoms with Gasteiger partial charge in [-0.3, -0.25) is 16.3 Å². The van der Waals surface area contributed by atoms with Gasteiger partial charge in [-0.2, -0.15) is 0 Å². The molecule has 0 bridgehead atoms. The van der Waals surface area contributed by atoms with Crippen LogP contribution in [0.15, 0.2) is 29.2 Å². The molecule has 0 radical (unpaired) electrons. The number of hydrazine groups is 1. The Hall–Kier alpha value is -0.750. The van der Waals surface area contributed by atoms with Crippen molar-refractivity contribution in [1.82, 2.24) is 10.4 Å². The van der Waals surface area contributed by atoms with E-state index in [1.54, 1.807) is 22.7 Å². The first-order valence-corrected chi connectivity index (χ1v) is 6.03. The van der Waals surface area contributed by atoms with E-state index >= 15 is 0 Å². The molecule has 3 N–H and O–H groups in total. The first kappa shape index (κ1) is 9.79. The maximum Gasteiger partial charge on any atom is 0.0794 e. The van der Waals surface area contributed by atoms with Crippen molar-refractivity contribution in [2.45, 2.75) is 12.5 Å². The lowest BCUT2D eigenvalue weighted by atomic mass is 10.2. The van der Waals surface area contributed by atoms with Crippen molar-refractivity contribution in [1.29, 1.82) is 0 Å². The summed E-state index contributed by atoms with van der Waals surface area (Å²) < 4.78 is 0. The zero-order chi connectivity index (χ0) is 9.80. The second-order valence-electron chi connectivity index (χ2n) is 2.91. The first-order valence-electron chi connectivity index (χ1n) is 4.27. The van der Waals surface area contributed by atoms with Gasteiger partial charge in [0.1, 0.15) is 0 Å². The van der Waals surface area contributed by atoms with Gasteiger partial charge in [0.2, 0.25) is 0 Å². The van der Waals surface area contributed by atoms with Crippen molar-refractivity contribution >= 4 is 22.7 Å². The second-order valence-corrected chi connectivity index (χ2v) is 4.86. The van der Waals surface area contributed by atoms with Crippen molar-refractivity contribution in [3.05, 3.63) is 39.0 Å². The van der Waals surface area contributed by atoms with E-state index in [0.717, 1.165) is 6.42 Å². The number of nitrogens with one attached hydrogen (secondary N) is 1. The molecule has 0 spiro atoms. The van der Waals surface area contributed by atoms with Crippen LogP contribution in [0, 0.1) is 0 Å². The van der Waals surface area contributed by atoms with Crippen LogP contribution in [-0.2, 0) is 6.42 Å². The third-order valence-electron chi connectivity index (χ3n) is 1.98. The van der Waals surface area contributed by atoms with E-state index in [2.05, 4.69) is 27.9 Å². The summed E-state index contributed by atoms with van der Waals surface area (Å²) in [6.45, 7) is 0. The molecule has 0 aliphatic carbocycles. The molecule has 0 fully saturated rings. The molecule has 0 saturated heterocycles. The molecule has 0 aliphatic rings. The van der Waals surface area contributed by atoms with Crippen LogP contribution >= 0.6 is 22.7 Å². The number of thiazole rings is 1. The molecule has 2 aromatic rings. The molecule has 0 saturated carbocycles. The summed E-state index contributed by atoms with van der Waals surface area (Å²) in [5.74, 6) is 5.51. The molecule has 0 aromatic carbocycles. The zero-order valence-electron chi connectivity index (χ0n) is 7.51. The highest BCUT2D eigenvalue weighted by Gasteiger charge is 2.12. The lowest BCUT2D eigenvalue weighted by molar-refractivity contribution is 0.563. The second kappa shape index (κ2) is 4.65. The van der Waals surface area contributed by atoms with Gasteiger partial charge < -0.3 is 0 Å². The summed E-state index contributed by atoms with van der Waals surface area (Å²) in [6.07, 6.45) is 2.79. The Kier molecular flexibility index (Phi) is 3.26. The van der Waals surface area contributed by atoms with E-state index in [0.29, 0.717) is 0 Å². The van der Waals surface area contributed by atoms with Crippen LogP contribution in [-0.4, -0.2) is 4.98 Å². The van der Waals surface area contributed by atoms with E-state index < -0.39 is 0 Å². The van der Waals surface area contributed by atoms with Crippen molar-refractivity contribution < 1.29 is 0 Å². The van der Waals surface area contributed by atoms with Gasteiger partial charge in [-0.1, -0.05) is 6.07 Å². The molecule has 1 unspecified atom stereocenters. The minimum absolute atomic E-state index is 0.182. The van der Waals surface area contributed by atoms with E-state index in [1.807, 2.05) is 11.7 Å². The molecular weight excluding hydrogens is 214 g/mol. The lowest BCUT2D eigenvalue weighted by Crippen LogP contribution is -2.28. The minimum atomic E-state index is 0.182. The largest absolute Gasteiger partial charge is 0.271 e. The Morgan fingerprint density at radius 2 is 2.43 bits per heavy atom. The Balaban J connectivity index is 2.08. The van der Waals surface area contributed by atoms with Crippen LogP contribution in [0.1, 0.15) is 15.8 Å². The fraction of sp³-hybridized carbons (Fsp3) is 0.222. The van der Waals surface area contributed by atoms with Crippen LogP contribution in [0.5, 0.6) is 0 Å². The summed E-state index contributed by atoms with van der Waals surface area (Å²) in [4.78, 5) is 6.56. The average Bonchev–Trinajstić information content (AvgIpc) is 2.86. The fourth-order valence-corrected chi connectivity index (χ4v) is 2.70. The Morgan fingerprint density at radius 3 is 3.00 bits per heavy atom. The van der Waals surface area contributed by atoms with Gasteiger partial charge in [-0.15, -0.1) is 22.7 Å². The normalized spacial score (nSPS) is 12.9. The van der Waals surface area contributed by atoms with Gasteiger partial charge in [0.25, 0.3) is 0 Å². The van der Waals surface area contributed by atoms with Gasteiger partial charge in [0.15, 0.2) is 0 Å². The number of hydrogen-bond acceptors (Lipinski definition) is 5. The Morgan fingerprint density at radius 1 is 1.50 bits per heavy atom. The van der Waals surface area contributed by atoms with Gasteiger partial charge in [-0.25, -0.2) is 0 Å². The molecule has 0 amide bonds. The van der Waals surface area contributed by atoms with Gasteiger partial charge in [0.05, 0.1) is 11.6 Å².